The van der Waals surface area contributed by atoms with Gasteiger partial charge in [-0.15, -0.1) is 0 Å². The third-order valence-corrected chi connectivity index (χ3v) is 5.62. The lowest BCUT2D eigenvalue weighted by Gasteiger charge is -2.30. The van der Waals surface area contributed by atoms with E-state index < -0.39 is 10.0 Å². The molecule has 0 N–H and O–H groups in total. The molecule has 1 aliphatic rings. The molecule has 2 aromatic rings. The van der Waals surface area contributed by atoms with Crippen LogP contribution in [0.1, 0.15) is 44.3 Å². The van der Waals surface area contributed by atoms with E-state index in [0.717, 1.165) is 29.9 Å². The molecule has 3 rings (SSSR count). The first-order valence-corrected chi connectivity index (χ1v) is 10.0. The topological polar surface area (TPSA) is 81.0 Å². The Balaban J connectivity index is 1.89. The van der Waals surface area contributed by atoms with E-state index in [1.54, 1.807) is 18.6 Å². The maximum absolute atomic E-state index is 11.8. The van der Waals surface area contributed by atoms with Crippen molar-refractivity contribution >= 4 is 10.0 Å². The van der Waals surface area contributed by atoms with E-state index in [1.807, 2.05) is 10.7 Å². The summed E-state index contributed by atoms with van der Waals surface area (Å²) in [5, 5.41) is 4.34. The van der Waals surface area contributed by atoms with Gasteiger partial charge in [0.2, 0.25) is 10.0 Å². The van der Waals surface area contributed by atoms with Gasteiger partial charge >= 0.3 is 0 Å². The smallest absolute Gasteiger partial charge is 0.211 e. The van der Waals surface area contributed by atoms with E-state index in [1.165, 1.54) is 10.6 Å². The fourth-order valence-corrected chi connectivity index (χ4v) is 4.03. The van der Waals surface area contributed by atoms with Gasteiger partial charge in [-0.3, -0.25) is 9.67 Å². The van der Waals surface area contributed by atoms with Crippen molar-refractivity contribution in [3.8, 4) is 11.4 Å². The normalized spacial score (nSPS) is 19.8. The minimum Gasteiger partial charge on any atom is -0.261 e. The van der Waals surface area contributed by atoms with E-state index in [2.05, 4.69) is 23.9 Å². The molecule has 0 aliphatic carbocycles. The van der Waals surface area contributed by atoms with E-state index in [0.29, 0.717) is 13.1 Å². The van der Waals surface area contributed by atoms with Crippen molar-refractivity contribution in [2.24, 2.45) is 0 Å². The molecule has 0 amide bonds. The molecule has 0 radical (unpaired) electrons. The molecular weight excluding hydrogens is 326 g/mol. The van der Waals surface area contributed by atoms with E-state index >= 15 is 0 Å². The molecule has 0 spiro atoms. The summed E-state index contributed by atoms with van der Waals surface area (Å²) in [6.45, 7) is 5.20. The summed E-state index contributed by atoms with van der Waals surface area (Å²) in [6.07, 6.45) is 8.27. The van der Waals surface area contributed by atoms with Gasteiger partial charge in [0, 0.05) is 37.4 Å². The van der Waals surface area contributed by atoms with Crippen LogP contribution in [0, 0.1) is 0 Å². The van der Waals surface area contributed by atoms with Gasteiger partial charge in [-0.1, -0.05) is 0 Å². The van der Waals surface area contributed by atoms with Gasteiger partial charge in [-0.2, -0.15) is 5.10 Å². The van der Waals surface area contributed by atoms with Crippen molar-refractivity contribution in [1.29, 1.82) is 0 Å². The molecule has 8 heteroatoms. The molecule has 0 unspecified atom stereocenters. The summed E-state index contributed by atoms with van der Waals surface area (Å²) in [4.78, 5) is 9.09. The number of rotatable bonds is 4. The first-order chi connectivity index (χ1) is 11.4. The monoisotopic (exact) mass is 349 g/mol. The van der Waals surface area contributed by atoms with Crippen LogP contribution in [0.4, 0.5) is 0 Å². The Bertz CT molecular complexity index is 815. The maximum Gasteiger partial charge on any atom is 0.211 e. The van der Waals surface area contributed by atoms with Gasteiger partial charge in [0.25, 0.3) is 0 Å². The maximum atomic E-state index is 11.8. The standard InChI is InChI=1S/C16H23N5O2S/c1-12(2)21-16(6-7-18-21)15-10-17-9-14(19-15)13-5-4-8-20(11-13)24(3,22)23/h6-7,9-10,12-13H,4-5,8,11H2,1-3H3/t13-/m0/s1. The van der Waals surface area contributed by atoms with Crippen LogP contribution >= 0.6 is 0 Å². The quantitative estimate of drug-likeness (QED) is 0.844. The van der Waals surface area contributed by atoms with Gasteiger partial charge in [-0.25, -0.2) is 17.7 Å². The highest BCUT2D eigenvalue weighted by molar-refractivity contribution is 7.88. The molecule has 0 bridgehead atoms. The highest BCUT2D eigenvalue weighted by Crippen LogP contribution is 2.28. The zero-order chi connectivity index (χ0) is 17.3. The van der Waals surface area contributed by atoms with Crippen LogP contribution in [0.2, 0.25) is 0 Å². The highest BCUT2D eigenvalue weighted by Gasteiger charge is 2.28. The predicted octanol–water partition coefficient (Wildman–Crippen LogP) is 2.06. The number of hydrogen-bond donors (Lipinski definition) is 0. The molecular formula is C16H23N5O2S. The Morgan fingerprint density at radius 3 is 2.79 bits per heavy atom. The molecule has 0 saturated carbocycles. The molecule has 1 saturated heterocycles. The Morgan fingerprint density at radius 1 is 1.29 bits per heavy atom. The third-order valence-electron chi connectivity index (χ3n) is 4.35. The number of nitrogens with zero attached hydrogens (tertiary/aromatic N) is 5. The van der Waals surface area contributed by atoms with Crippen molar-refractivity contribution in [2.75, 3.05) is 19.3 Å². The summed E-state index contributed by atoms with van der Waals surface area (Å²) in [6, 6.07) is 2.16. The fourth-order valence-electron chi connectivity index (χ4n) is 3.11. The van der Waals surface area contributed by atoms with Crippen LogP contribution in [-0.2, 0) is 10.0 Å². The molecule has 1 atom stereocenters. The molecule has 3 heterocycles. The Hall–Kier alpha value is -1.80. The number of piperidine rings is 1. The number of aromatic nitrogens is 4. The summed E-state index contributed by atoms with van der Waals surface area (Å²) >= 11 is 0. The summed E-state index contributed by atoms with van der Waals surface area (Å²) in [5.74, 6) is 0.0800. The summed E-state index contributed by atoms with van der Waals surface area (Å²) in [7, 11) is -3.17. The Morgan fingerprint density at radius 2 is 2.08 bits per heavy atom. The first-order valence-electron chi connectivity index (χ1n) is 8.17. The molecule has 2 aromatic heterocycles. The van der Waals surface area contributed by atoms with Crippen molar-refractivity contribution in [2.45, 2.75) is 38.6 Å². The SMILES string of the molecule is CC(C)n1nccc1-c1cncc([C@H]2CCCN(S(C)(=O)=O)C2)n1. The second-order valence-electron chi connectivity index (χ2n) is 6.54. The minimum absolute atomic E-state index is 0.0800. The lowest BCUT2D eigenvalue weighted by molar-refractivity contribution is 0.314. The lowest BCUT2D eigenvalue weighted by atomic mass is 9.96. The Kier molecular flexibility index (Phi) is 4.69. The zero-order valence-electron chi connectivity index (χ0n) is 14.3. The fraction of sp³-hybridized carbons (Fsp3) is 0.562. The minimum atomic E-state index is -3.17. The van der Waals surface area contributed by atoms with E-state index in [9.17, 15) is 8.42 Å². The molecule has 130 valence electrons. The van der Waals surface area contributed by atoms with Crippen molar-refractivity contribution in [3.63, 3.8) is 0 Å². The average Bonchev–Trinajstić information content (AvgIpc) is 3.04. The summed E-state index contributed by atoms with van der Waals surface area (Å²) in [5.41, 5.74) is 2.54. The van der Waals surface area contributed by atoms with Gasteiger partial charge in [0.05, 0.1) is 23.8 Å². The van der Waals surface area contributed by atoms with Crippen molar-refractivity contribution in [3.05, 3.63) is 30.4 Å². The molecule has 1 fully saturated rings. The van der Waals surface area contributed by atoms with Crippen molar-refractivity contribution < 1.29 is 8.42 Å². The number of hydrogen-bond acceptors (Lipinski definition) is 5. The van der Waals surface area contributed by atoms with Crippen LogP contribution in [0.5, 0.6) is 0 Å². The van der Waals surface area contributed by atoms with Gasteiger partial charge in [0.1, 0.15) is 5.69 Å². The van der Waals surface area contributed by atoms with E-state index in [-0.39, 0.29) is 12.0 Å². The second-order valence-corrected chi connectivity index (χ2v) is 8.53. The third kappa shape index (κ3) is 3.49. The molecule has 7 nitrogen and oxygen atoms in total. The van der Waals surface area contributed by atoms with E-state index in [4.69, 9.17) is 4.98 Å². The lowest BCUT2D eigenvalue weighted by Crippen LogP contribution is -2.38. The number of sulfonamides is 1. The van der Waals surface area contributed by atoms with Gasteiger partial charge in [0.15, 0.2) is 0 Å². The van der Waals surface area contributed by atoms with Crippen molar-refractivity contribution in [1.82, 2.24) is 24.1 Å². The Labute approximate surface area is 142 Å². The average molecular weight is 349 g/mol. The molecule has 24 heavy (non-hydrogen) atoms. The first kappa shape index (κ1) is 17.0. The molecule has 0 aromatic carbocycles. The summed E-state index contributed by atoms with van der Waals surface area (Å²) < 4.78 is 27.1. The largest absolute Gasteiger partial charge is 0.261 e. The van der Waals surface area contributed by atoms with Crippen LogP contribution in [-0.4, -0.2) is 51.8 Å². The van der Waals surface area contributed by atoms with Crippen LogP contribution in [0.15, 0.2) is 24.7 Å². The zero-order valence-corrected chi connectivity index (χ0v) is 15.1. The van der Waals surface area contributed by atoms with Gasteiger partial charge < -0.3 is 0 Å². The van der Waals surface area contributed by atoms with Gasteiger partial charge in [-0.05, 0) is 32.8 Å². The highest BCUT2D eigenvalue weighted by atomic mass is 32.2. The van der Waals surface area contributed by atoms with Crippen LogP contribution < -0.4 is 0 Å². The second kappa shape index (κ2) is 6.60. The van der Waals surface area contributed by atoms with Crippen LogP contribution in [0.3, 0.4) is 0 Å². The van der Waals surface area contributed by atoms with Crippen LogP contribution in [0.25, 0.3) is 11.4 Å². The molecule has 1 aliphatic heterocycles. The predicted molar refractivity (Wildman–Crippen MR) is 92.0 cm³/mol.